The number of hydrogen-bond donors (Lipinski definition) is 1. The van der Waals surface area contributed by atoms with Gasteiger partial charge in [0.05, 0.1) is 42.2 Å². The molecular formula is C25H19N2O7+. The maximum Gasteiger partial charge on any atom is 0.405 e. The van der Waals surface area contributed by atoms with E-state index >= 15 is 0 Å². The van der Waals surface area contributed by atoms with Gasteiger partial charge in [-0.15, -0.1) is 0 Å². The maximum atomic E-state index is 13.5. The highest BCUT2D eigenvalue weighted by atomic mass is 17.0. The van der Waals surface area contributed by atoms with Crippen LogP contribution < -0.4 is 4.74 Å². The number of fused-ring (bicyclic) bond motifs is 3. The second kappa shape index (κ2) is 7.91. The third-order valence-corrected chi connectivity index (χ3v) is 5.87. The number of hydroxylamine groups is 4. The minimum absolute atomic E-state index is 0.0731. The normalized spacial score (nSPS) is 15.1. The summed E-state index contributed by atoms with van der Waals surface area (Å²) in [4.78, 5) is 53.6. The average Bonchev–Trinajstić information content (AvgIpc) is 3.37. The van der Waals surface area contributed by atoms with Crippen molar-refractivity contribution in [1.29, 1.82) is 0 Å². The fourth-order valence-electron chi connectivity index (χ4n) is 4.12. The van der Waals surface area contributed by atoms with Gasteiger partial charge in [-0.3, -0.25) is 4.79 Å². The Balaban J connectivity index is 1.69. The molecule has 1 aliphatic rings. The number of carbonyl (C=O) groups excluding carboxylic acids is 4. The Kier molecular flexibility index (Phi) is 5.00. The van der Waals surface area contributed by atoms with E-state index in [0.29, 0.717) is 22.3 Å². The van der Waals surface area contributed by atoms with Crippen LogP contribution in [0.25, 0.3) is 16.4 Å². The minimum Gasteiger partial charge on any atom is -0.497 e. The summed E-state index contributed by atoms with van der Waals surface area (Å²) in [7, 11) is 1.49. The van der Waals surface area contributed by atoms with Crippen LogP contribution in [0.5, 0.6) is 5.75 Å². The number of imide groups is 1. The molecule has 3 heterocycles. The number of quaternary nitrogens is 1. The monoisotopic (exact) mass is 459 g/mol. The van der Waals surface area contributed by atoms with E-state index in [0.717, 1.165) is 5.39 Å². The molecule has 1 fully saturated rings. The van der Waals surface area contributed by atoms with Gasteiger partial charge in [0.2, 0.25) is 5.78 Å². The first-order valence-corrected chi connectivity index (χ1v) is 10.5. The number of ketones is 1. The number of hydrogen-bond acceptors (Lipinski definition) is 7. The molecule has 0 saturated carbocycles. The topological polar surface area (TPSA) is 111 Å². The average molecular weight is 459 g/mol. The Bertz CT molecular complexity index is 1500. The number of nitrogens with zero attached hydrogens (tertiary/aromatic N) is 2. The molecule has 4 aromatic rings. The summed E-state index contributed by atoms with van der Waals surface area (Å²) in [6.07, 6.45) is -0.466. The highest BCUT2D eigenvalue weighted by Gasteiger charge is 2.55. The molecule has 9 heteroatoms. The summed E-state index contributed by atoms with van der Waals surface area (Å²) >= 11 is 0. The van der Waals surface area contributed by atoms with Crippen LogP contribution in [0.15, 0.2) is 66.7 Å². The molecule has 1 aliphatic heterocycles. The molecule has 0 unspecified atom stereocenters. The summed E-state index contributed by atoms with van der Waals surface area (Å²) < 4.78 is 6.83. The first kappa shape index (κ1) is 21.5. The number of carbonyl (C=O) groups is 4. The molecule has 5 rings (SSSR count). The number of ether oxygens (including phenoxy) is 1. The van der Waals surface area contributed by atoms with Crippen molar-refractivity contribution in [3.05, 3.63) is 83.6 Å². The third-order valence-electron chi connectivity index (χ3n) is 5.87. The Morgan fingerprint density at radius 3 is 2.38 bits per heavy atom. The van der Waals surface area contributed by atoms with Crippen LogP contribution in [0.4, 0.5) is 0 Å². The molecule has 0 bridgehead atoms. The number of benzene rings is 2. The van der Waals surface area contributed by atoms with E-state index in [1.54, 1.807) is 52.9 Å². The van der Waals surface area contributed by atoms with Crippen molar-refractivity contribution in [1.82, 2.24) is 4.40 Å². The van der Waals surface area contributed by atoms with Crippen molar-refractivity contribution in [3.8, 4) is 5.75 Å². The molecule has 1 saturated heterocycles. The first-order valence-electron chi connectivity index (χ1n) is 10.5. The second-order valence-electron chi connectivity index (χ2n) is 7.86. The minimum atomic E-state index is -2.04. The zero-order valence-electron chi connectivity index (χ0n) is 18.1. The van der Waals surface area contributed by atoms with Crippen LogP contribution in [-0.2, 0) is 14.4 Å². The number of rotatable bonds is 5. The molecule has 2 amide bonds. The van der Waals surface area contributed by atoms with E-state index in [-0.39, 0.29) is 29.9 Å². The SMILES string of the molecule is COc1cccc(C(=O)c2cc(C(=O)O[N+]3(O)C(=O)CCC3=O)c3ccc4ccccc4n23)c1. The molecule has 170 valence electrons. The standard InChI is InChI=1S/C25H19N2O7/c1-33-17-7-4-6-16(13-17)24(30)21-14-18(25(31)34-27(32)22(28)11-12-23(27)29)20-10-9-15-5-2-3-8-19(15)26(20)21/h2-10,13-14,32H,11-12H2,1H3/q+1. The van der Waals surface area contributed by atoms with E-state index in [2.05, 4.69) is 0 Å². The van der Waals surface area contributed by atoms with E-state index in [9.17, 15) is 24.4 Å². The highest BCUT2D eigenvalue weighted by molar-refractivity contribution is 6.12. The van der Waals surface area contributed by atoms with Crippen molar-refractivity contribution >= 4 is 40.0 Å². The van der Waals surface area contributed by atoms with E-state index < -0.39 is 22.6 Å². The molecule has 0 spiro atoms. The van der Waals surface area contributed by atoms with Gasteiger partial charge in [0.15, 0.2) is 0 Å². The zero-order chi connectivity index (χ0) is 24.0. The van der Waals surface area contributed by atoms with Crippen molar-refractivity contribution in [2.45, 2.75) is 12.8 Å². The lowest BCUT2D eigenvalue weighted by Crippen LogP contribution is -2.50. The Hall–Kier alpha value is -4.34. The van der Waals surface area contributed by atoms with Crippen LogP contribution in [0.1, 0.15) is 39.3 Å². The molecule has 2 aromatic carbocycles. The molecular weight excluding hydrogens is 440 g/mol. The third kappa shape index (κ3) is 3.26. The van der Waals surface area contributed by atoms with Crippen LogP contribution in [0.2, 0.25) is 0 Å². The molecule has 9 nitrogen and oxygen atoms in total. The maximum absolute atomic E-state index is 13.5. The van der Waals surface area contributed by atoms with Gasteiger partial charge >= 0.3 is 17.8 Å². The van der Waals surface area contributed by atoms with Gasteiger partial charge in [-0.1, -0.05) is 36.4 Å². The van der Waals surface area contributed by atoms with Gasteiger partial charge in [-0.25, -0.2) is 19.2 Å². The molecule has 0 radical (unpaired) electrons. The van der Waals surface area contributed by atoms with Gasteiger partial charge in [0.25, 0.3) is 0 Å². The second-order valence-corrected chi connectivity index (χ2v) is 7.86. The number of aromatic nitrogens is 1. The zero-order valence-corrected chi connectivity index (χ0v) is 18.1. The number of methoxy groups -OCH3 is 1. The van der Waals surface area contributed by atoms with Gasteiger partial charge in [-0.2, -0.15) is 5.21 Å². The Labute approximate surface area is 192 Å². The summed E-state index contributed by atoms with van der Waals surface area (Å²) in [5.41, 5.74) is 1.40. The largest absolute Gasteiger partial charge is 0.497 e. The number of para-hydroxylation sites is 1. The quantitative estimate of drug-likeness (QED) is 0.211. The molecule has 34 heavy (non-hydrogen) atoms. The lowest BCUT2D eigenvalue weighted by atomic mass is 10.1. The lowest BCUT2D eigenvalue weighted by Gasteiger charge is -2.15. The summed E-state index contributed by atoms with van der Waals surface area (Å²) in [6, 6.07) is 18.7. The Morgan fingerprint density at radius 2 is 1.65 bits per heavy atom. The first-order chi connectivity index (χ1) is 16.3. The van der Waals surface area contributed by atoms with Crippen molar-refractivity contribution < 1.29 is 38.8 Å². The highest BCUT2D eigenvalue weighted by Crippen LogP contribution is 2.29. The lowest BCUT2D eigenvalue weighted by molar-refractivity contribution is -1.12. The van der Waals surface area contributed by atoms with Gasteiger partial charge in [0.1, 0.15) is 10.6 Å². The number of amides is 2. The molecule has 1 N–H and O–H groups in total. The van der Waals surface area contributed by atoms with E-state index in [4.69, 9.17) is 9.57 Å². The van der Waals surface area contributed by atoms with Gasteiger partial charge in [-0.05, 0) is 35.7 Å². The van der Waals surface area contributed by atoms with Crippen LogP contribution in [-0.4, -0.2) is 45.1 Å². The predicted octanol–water partition coefficient (Wildman–Crippen LogP) is 3.46. The van der Waals surface area contributed by atoms with Gasteiger partial charge in [0, 0.05) is 5.56 Å². The van der Waals surface area contributed by atoms with Gasteiger partial charge < -0.3 is 9.14 Å². The molecule has 2 aromatic heterocycles. The van der Waals surface area contributed by atoms with Crippen molar-refractivity contribution in [2.75, 3.05) is 7.11 Å². The van der Waals surface area contributed by atoms with Crippen LogP contribution in [0, 0.1) is 0 Å². The van der Waals surface area contributed by atoms with Crippen molar-refractivity contribution in [3.63, 3.8) is 0 Å². The molecule has 0 aliphatic carbocycles. The van der Waals surface area contributed by atoms with Crippen LogP contribution in [0.3, 0.4) is 0 Å². The van der Waals surface area contributed by atoms with Crippen LogP contribution >= 0.6 is 0 Å². The van der Waals surface area contributed by atoms with E-state index in [1.807, 2.05) is 12.1 Å². The fraction of sp³-hybridized carbons (Fsp3) is 0.120. The summed E-state index contributed by atoms with van der Waals surface area (Å²) in [6.45, 7) is 0. The predicted molar refractivity (Wildman–Crippen MR) is 118 cm³/mol. The smallest absolute Gasteiger partial charge is 0.405 e. The van der Waals surface area contributed by atoms with Crippen molar-refractivity contribution in [2.24, 2.45) is 0 Å². The fourth-order valence-corrected chi connectivity index (χ4v) is 4.12. The Morgan fingerprint density at radius 1 is 0.912 bits per heavy atom. The summed E-state index contributed by atoms with van der Waals surface area (Å²) in [5.74, 6) is -2.86. The van der Waals surface area contributed by atoms with E-state index in [1.165, 1.54) is 13.2 Å². The molecule has 0 atom stereocenters. The number of pyridine rings is 1. The summed E-state index contributed by atoms with van der Waals surface area (Å²) in [5, 5.41) is 11.2.